The molecule has 1 heterocycles. The summed E-state index contributed by atoms with van der Waals surface area (Å²) in [7, 11) is -3.55. The maximum absolute atomic E-state index is 12.8. The first-order chi connectivity index (χ1) is 19.4. The summed E-state index contributed by atoms with van der Waals surface area (Å²) < 4.78 is 31.0. The molecule has 0 unspecified atom stereocenters. The number of rotatable bonds is 8. The maximum atomic E-state index is 12.8. The SMILES string of the molecule is Cc1cc(CS(=O)(=O)c2ccccc2Cl)ccc1/C=C/c1cnc(NC2CCC(NC(=O)OC(C)(C)C)CC2)nc1. The minimum Gasteiger partial charge on any atom is -0.444 e. The molecule has 4 rings (SSSR count). The summed E-state index contributed by atoms with van der Waals surface area (Å²) in [6.07, 6.45) is 10.6. The number of sulfone groups is 1. The Labute approximate surface area is 247 Å². The molecule has 0 bridgehead atoms. The van der Waals surface area contributed by atoms with Crippen molar-refractivity contribution in [3.8, 4) is 0 Å². The number of amides is 1. The molecule has 1 aliphatic carbocycles. The van der Waals surface area contributed by atoms with Gasteiger partial charge >= 0.3 is 6.09 Å². The summed E-state index contributed by atoms with van der Waals surface area (Å²) >= 11 is 6.11. The van der Waals surface area contributed by atoms with Gasteiger partial charge in [-0.15, -0.1) is 0 Å². The van der Waals surface area contributed by atoms with Crippen LogP contribution in [0.4, 0.5) is 10.7 Å². The number of nitrogens with zero attached hydrogens (tertiary/aromatic N) is 2. The summed E-state index contributed by atoms with van der Waals surface area (Å²) in [6, 6.07) is 12.5. The lowest BCUT2D eigenvalue weighted by Gasteiger charge is -2.30. The molecule has 0 saturated heterocycles. The van der Waals surface area contributed by atoms with E-state index in [-0.39, 0.29) is 33.8 Å². The van der Waals surface area contributed by atoms with Crippen LogP contribution in [0.25, 0.3) is 12.2 Å². The zero-order valence-corrected chi connectivity index (χ0v) is 25.4. The molecular formula is C31H37ClN4O4S. The van der Waals surface area contributed by atoms with Crippen LogP contribution in [0.1, 0.15) is 68.7 Å². The lowest BCUT2D eigenvalue weighted by Crippen LogP contribution is -2.42. The number of nitrogens with one attached hydrogen (secondary N) is 2. The number of benzene rings is 2. The minimum absolute atomic E-state index is 0.112. The Hall–Kier alpha value is -3.43. The van der Waals surface area contributed by atoms with Crippen LogP contribution >= 0.6 is 11.6 Å². The molecule has 2 aromatic carbocycles. The largest absolute Gasteiger partial charge is 0.444 e. The Morgan fingerprint density at radius 1 is 1.02 bits per heavy atom. The van der Waals surface area contributed by atoms with Crippen LogP contribution < -0.4 is 10.6 Å². The molecule has 0 atom stereocenters. The van der Waals surface area contributed by atoms with Crippen molar-refractivity contribution in [2.75, 3.05) is 5.32 Å². The number of halogens is 1. The summed E-state index contributed by atoms with van der Waals surface area (Å²) in [5, 5.41) is 6.59. The Morgan fingerprint density at radius 2 is 1.68 bits per heavy atom. The van der Waals surface area contributed by atoms with Crippen molar-refractivity contribution in [1.29, 1.82) is 0 Å². The number of hydrogen-bond acceptors (Lipinski definition) is 7. The van der Waals surface area contributed by atoms with Gasteiger partial charge in [-0.05, 0) is 82.2 Å². The summed E-state index contributed by atoms with van der Waals surface area (Å²) in [5.74, 6) is 0.456. The number of anilines is 1. The van der Waals surface area contributed by atoms with E-state index in [0.29, 0.717) is 11.5 Å². The summed E-state index contributed by atoms with van der Waals surface area (Å²) in [4.78, 5) is 21.1. The van der Waals surface area contributed by atoms with Crippen LogP contribution in [0.2, 0.25) is 5.02 Å². The second-order valence-corrected chi connectivity index (χ2v) is 13.8. The Bertz CT molecular complexity index is 1490. The lowest BCUT2D eigenvalue weighted by molar-refractivity contribution is 0.0492. The van der Waals surface area contributed by atoms with Gasteiger partial charge in [0.05, 0.1) is 15.7 Å². The fraction of sp³-hybridized carbons (Fsp3) is 0.387. The number of aromatic nitrogens is 2. The highest BCUT2D eigenvalue weighted by Crippen LogP contribution is 2.26. The zero-order chi connectivity index (χ0) is 29.6. The van der Waals surface area contributed by atoms with Crippen molar-refractivity contribution < 1.29 is 17.9 Å². The third-order valence-corrected chi connectivity index (χ3v) is 8.95. The number of carbonyl (C=O) groups is 1. The van der Waals surface area contributed by atoms with E-state index in [0.717, 1.165) is 42.4 Å². The first-order valence-electron chi connectivity index (χ1n) is 13.7. The zero-order valence-electron chi connectivity index (χ0n) is 23.9. The molecule has 1 saturated carbocycles. The average molecular weight is 597 g/mol. The topological polar surface area (TPSA) is 110 Å². The first-order valence-corrected chi connectivity index (χ1v) is 15.7. The molecule has 0 spiro atoms. The molecule has 2 N–H and O–H groups in total. The van der Waals surface area contributed by atoms with E-state index in [4.69, 9.17) is 16.3 Å². The van der Waals surface area contributed by atoms with Crippen molar-refractivity contribution >= 4 is 45.6 Å². The predicted molar refractivity (Wildman–Crippen MR) is 164 cm³/mol. The van der Waals surface area contributed by atoms with Crippen LogP contribution in [0.5, 0.6) is 0 Å². The van der Waals surface area contributed by atoms with Gasteiger partial charge in [0.15, 0.2) is 9.84 Å². The fourth-order valence-corrected chi connectivity index (χ4v) is 6.65. The van der Waals surface area contributed by atoms with Crippen LogP contribution in [0, 0.1) is 6.92 Å². The maximum Gasteiger partial charge on any atom is 0.407 e. The highest BCUT2D eigenvalue weighted by molar-refractivity contribution is 7.90. The van der Waals surface area contributed by atoms with E-state index in [2.05, 4.69) is 20.6 Å². The van der Waals surface area contributed by atoms with E-state index in [1.165, 1.54) is 6.07 Å². The lowest BCUT2D eigenvalue weighted by atomic mass is 9.91. The molecule has 41 heavy (non-hydrogen) atoms. The number of aryl methyl sites for hydroxylation is 1. The Kier molecular flexibility index (Phi) is 9.71. The average Bonchev–Trinajstić information content (AvgIpc) is 2.89. The Morgan fingerprint density at radius 3 is 2.32 bits per heavy atom. The van der Waals surface area contributed by atoms with Gasteiger partial charge in [0.1, 0.15) is 5.60 Å². The second kappa shape index (κ2) is 13.0. The van der Waals surface area contributed by atoms with Crippen molar-refractivity contribution in [1.82, 2.24) is 15.3 Å². The first kappa shape index (κ1) is 30.5. The third-order valence-electron chi connectivity index (χ3n) is 6.77. The highest BCUT2D eigenvalue weighted by atomic mass is 35.5. The smallest absolute Gasteiger partial charge is 0.407 e. The Balaban J connectivity index is 1.28. The van der Waals surface area contributed by atoms with Crippen molar-refractivity contribution in [3.05, 3.63) is 82.1 Å². The van der Waals surface area contributed by atoms with E-state index in [9.17, 15) is 13.2 Å². The van der Waals surface area contributed by atoms with E-state index < -0.39 is 15.4 Å². The minimum atomic E-state index is -3.55. The number of alkyl carbamates (subject to hydrolysis) is 1. The molecule has 1 aliphatic rings. The fourth-order valence-electron chi connectivity index (χ4n) is 4.73. The quantitative estimate of drug-likeness (QED) is 0.293. The van der Waals surface area contributed by atoms with Crippen molar-refractivity contribution in [2.24, 2.45) is 0 Å². The molecule has 1 amide bonds. The molecule has 1 fully saturated rings. The van der Waals surface area contributed by atoms with Gasteiger partial charge < -0.3 is 15.4 Å². The number of carbonyl (C=O) groups excluding carboxylic acids is 1. The normalized spacial score (nSPS) is 17.8. The van der Waals surface area contributed by atoms with Gasteiger partial charge in [-0.1, -0.05) is 54.1 Å². The summed E-state index contributed by atoms with van der Waals surface area (Å²) in [6.45, 7) is 7.52. The van der Waals surface area contributed by atoms with Gasteiger partial charge in [0.25, 0.3) is 0 Å². The van der Waals surface area contributed by atoms with E-state index in [1.807, 2.05) is 58.0 Å². The van der Waals surface area contributed by atoms with E-state index >= 15 is 0 Å². The highest BCUT2D eigenvalue weighted by Gasteiger charge is 2.25. The van der Waals surface area contributed by atoms with Crippen molar-refractivity contribution in [2.45, 2.75) is 81.7 Å². The monoisotopic (exact) mass is 596 g/mol. The molecule has 8 nitrogen and oxygen atoms in total. The van der Waals surface area contributed by atoms with E-state index in [1.54, 1.807) is 30.6 Å². The van der Waals surface area contributed by atoms with Gasteiger partial charge in [0.2, 0.25) is 5.95 Å². The molecule has 10 heteroatoms. The van der Waals surface area contributed by atoms with Crippen LogP contribution in [0.3, 0.4) is 0 Å². The van der Waals surface area contributed by atoms with Gasteiger partial charge in [-0.25, -0.2) is 23.2 Å². The molecule has 0 aliphatic heterocycles. The molecule has 218 valence electrons. The molecule has 3 aromatic rings. The standard InChI is InChI=1S/C31H37ClN4O4S/c1-21-17-22(20-41(38,39)28-8-6-5-7-27(28)32)9-11-24(21)12-10-23-18-33-29(34-19-23)35-25-13-15-26(16-14-25)36-30(37)40-31(2,3)4/h5-12,17-19,25-26H,13-16,20H2,1-4H3,(H,36,37)(H,33,34,35)/b12-10+. The third kappa shape index (κ3) is 9.03. The van der Waals surface area contributed by atoms with Crippen LogP contribution in [0.15, 0.2) is 59.8 Å². The van der Waals surface area contributed by atoms with Crippen LogP contribution in [-0.2, 0) is 20.3 Å². The predicted octanol–water partition coefficient (Wildman–Crippen LogP) is 6.83. The molecular weight excluding hydrogens is 560 g/mol. The second-order valence-electron chi connectivity index (χ2n) is 11.4. The van der Waals surface area contributed by atoms with Gasteiger partial charge in [-0.2, -0.15) is 0 Å². The number of ether oxygens (including phenoxy) is 1. The summed E-state index contributed by atoms with van der Waals surface area (Å²) in [5.41, 5.74) is 2.99. The number of hydrogen-bond donors (Lipinski definition) is 2. The van der Waals surface area contributed by atoms with Crippen LogP contribution in [-0.4, -0.2) is 42.2 Å². The van der Waals surface area contributed by atoms with Crippen molar-refractivity contribution in [3.63, 3.8) is 0 Å². The molecule has 0 radical (unpaired) electrons. The molecule has 1 aromatic heterocycles. The van der Waals surface area contributed by atoms with Gasteiger partial charge in [0, 0.05) is 30.0 Å². The van der Waals surface area contributed by atoms with Gasteiger partial charge in [-0.3, -0.25) is 0 Å².